The molecule has 0 aliphatic heterocycles. The van der Waals surface area contributed by atoms with Crippen molar-refractivity contribution in [3.8, 4) is 0 Å². The summed E-state index contributed by atoms with van der Waals surface area (Å²) in [5.41, 5.74) is -0.535. The number of para-hydroxylation sites is 1. The quantitative estimate of drug-likeness (QED) is 0.448. The molecule has 0 amide bonds. The number of nitrogens with zero attached hydrogens (tertiary/aromatic N) is 2. The summed E-state index contributed by atoms with van der Waals surface area (Å²) in [6.45, 7) is 5.24. The van der Waals surface area contributed by atoms with E-state index in [0.717, 1.165) is 6.07 Å². The van der Waals surface area contributed by atoms with Crippen LogP contribution in [-0.4, -0.2) is 24.3 Å². The van der Waals surface area contributed by atoms with Gasteiger partial charge in [0.25, 0.3) is 0 Å². The number of hydrogen-bond acceptors (Lipinski definition) is 4. The van der Waals surface area contributed by atoms with Crippen molar-refractivity contribution in [1.82, 2.24) is 0 Å². The molecule has 0 N–H and O–H groups in total. The van der Waals surface area contributed by atoms with Gasteiger partial charge in [-0.05, 0) is 39.0 Å². The Morgan fingerprint density at radius 1 is 1.16 bits per heavy atom. The van der Waals surface area contributed by atoms with Gasteiger partial charge in [0.15, 0.2) is 17.2 Å². The first-order chi connectivity index (χ1) is 11.9. The van der Waals surface area contributed by atoms with Crippen molar-refractivity contribution in [2.75, 3.05) is 11.6 Å². The third kappa shape index (κ3) is 4.21. The summed E-state index contributed by atoms with van der Waals surface area (Å²) >= 11 is 0. The van der Waals surface area contributed by atoms with Gasteiger partial charge in [-0.15, -0.1) is 0 Å². The van der Waals surface area contributed by atoms with Gasteiger partial charge in [-0.1, -0.05) is 30.3 Å². The molecule has 2 aromatic rings. The van der Waals surface area contributed by atoms with E-state index in [1.165, 1.54) is 23.4 Å². The monoisotopic (exact) mass is 346 g/mol. The molecule has 0 fully saturated rings. The topological polar surface area (TPSA) is 41.9 Å². The van der Waals surface area contributed by atoms with Crippen LogP contribution in [0.1, 0.15) is 26.3 Å². The van der Waals surface area contributed by atoms with Gasteiger partial charge in [0, 0.05) is 5.56 Å². The minimum absolute atomic E-state index is 0.0133. The molecule has 0 aliphatic rings. The highest BCUT2D eigenvalue weighted by Gasteiger charge is 2.36. The van der Waals surface area contributed by atoms with Crippen LogP contribution in [0.2, 0.25) is 0 Å². The molecule has 0 saturated heterocycles. The number of anilines is 1. The number of hydrogen-bond donors (Lipinski definition) is 0. The first kappa shape index (κ1) is 18.6. The van der Waals surface area contributed by atoms with Gasteiger partial charge in [-0.2, -0.15) is 5.10 Å². The van der Waals surface area contributed by atoms with Crippen molar-refractivity contribution >= 4 is 17.9 Å². The summed E-state index contributed by atoms with van der Waals surface area (Å²) in [4.78, 5) is 12.3. The number of benzene rings is 2. The van der Waals surface area contributed by atoms with Gasteiger partial charge >= 0.3 is 5.97 Å². The number of hydrazone groups is 1. The fraction of sp³-hybridized carbons (Fsp3) is 0.263. The van der Waals surface area contributed by atoms with E-state index >= 15 is 0 Å². The molecular formula is C19H20F2N2O2. The number of carbonyl (C=O) groups excluding carboxylic acids is 1. The first-order valence-electron chi connectivity index (χ1n) is 7.88. The maximum Gasteiger partial charge on any atom is 0.333 e. The Labute approximate surface area is 145 Å². The molecule has 0 aliphatic carbocycles. The molecule has 132 valence electrons. The van der Waals surface area contributed by atoms with Crippen LogP contribution < -0.4 is 5.01 Å². The van der Waals surface area contributed by atoms with E-state index in [0.29, 0.717) is 5.69 Å². The second kappa shape index (κ2) is 7.88. The third-order valence-electron chi connectivity index (χ3n) is 3.60. The summed E-state index contributed by atoms with van der Waals surface area (Å²) in [5, 5.41) is 5.67. The van der Waals surface area contributed by atoms with E-state index in [2.05, 4.69) is 5.10 Å². The highest BCUT2D eigenvalue weighted by atomic mass is 19.2. The molecule has 25 heavy (non-hydrogen) atoms. The zero-order valence-corrected chi connectivity index (χ0v) is 14.4. The largest absolute Gasteiger partial charge is 0.464 e. The second-order valence-electron chi connectivity index (χ2n) is 5.81. The number of halogens is 2. The van der Waals surface area contributed by atoms with Crippen LogP contribution in [0, 0.1) is 11.6 Å². The van der Waals surface area contributed by atoms with Crippen molar-refractivity contribution in [2.24, 2.45) is 5.10 Å². The predicted molar refractivity (Wildman–Crippen MR) is 93.6 cm³/mol. The molecule has 2 aromatic carbocycles. The zero-order valence-electron chi connectivity index (χ0n) is 14.4. The predicted octanol–water partition coefficient (Wildman–Crippen LogP) is 4.15. The van der Waals surface area contributed by atoms with Crippen LogP contribution in [0.4, 0.5) is 14.5 Å². The summed E-state index contributed by atoms with van der Waals surface area (Å²) < 4.78 is 32.3. The molecular weight excluding hydrogens is 326 g/mol. The highest BCUT2D eigenvalue weighted by Crippen LogP contribution is 2.26. The van der Waals surface area contributed by atoms with Crippen LogP contribution in [0.25, 0.3) is 0 Å². The van der Waals surface area contributed by atoms with Gasteiger partial charge in [0.2, 0.25) is 0 Å². The Hall–Kier alpha value is -2.76. The smallest absolute Gasteiger partial charge is 0.333 e. The van der Waals surface area contributed by atoms with E-state index in [4.69, 9.17) is 4.74 Å². The van der Waals surface area contributed by atoms with Gasteiger partial charge in [0.05, 0.1) is 18.5 Å². The summed E-state index contributed by atoms with van der Waals surface area (Å²) in [6, 6.07) is 12.8. The fourth-order valence-electron chi connectivity index (χ4n) is 2.24. The van der Waals surface area contributed by atoms with Crippen molar-refractivity contribution < 1.29 is 18.3 Å². The minimum Gasteiger partial charge on any atom is -0.464 e. The van der Waals surface area contributed by atoms with Crippen LogP contribution in [-0.2, 0) is 9.53 Å². The van der Waals surface area contributed by atoms with E-state index in [1.54, 1.807) is 45.0 Å². The Morgan fingerprint density at radius 2 is 1.84 bits per heavy atom. The van der Waals surface area contributed by atoms with E-state index in [1.807, 2.05) is 6.07 Å². The van der Waals surface area contributed by atoms with Crippen LogP contribution in [0.3, 0.4) is 0 Å². The lowest BCUT2D eigenvalue weighted by Gasteiger charge is -2.34. The Bertz CT molecular complexity index is 761. The molecule has 0 unspecified atom stereocenters. The summed E-state index contributed by atoms with van der Waals surface area (Å²) in [6.07, 6.45) is 1.19. The van der Waals surface area contributed by atoms with Crippen LogP contribution in [0.5, 0.6) is 0 Å². The molecule has 2 rings (SSSR count). The second-order valence-corrected chi connectivity index (χ2v) is 5.81. The zero-order chi connectivity index (χ0) is 18.4. The van der Waals surface area contributed by atoms with Crippen molar-refractivity contribution in [3.63, 3.8) is 0 Å². The normalized spacial score (nSPS) is 11.6. The molecule has 4 nitrogen and oxygen atoms in total. The first-order valence-corrected chi connectivity index (χ1v) is 7.88. The maximum atomic E-state index is 13.9. The Kier molecular flexibility index (Phi) is 5.85. The lowest BCUT2D eigenvalue weighted by atomic mass is 10.0. The van der Waals surface area contributed by atoms with Gasteiger partial charge in [-0.3, -0.25) is 0 Å². The van der Waals surface area contributed by atoms with Gasteiger partial charge < -0.3 is 4.74 Å². The lowest BCUT2D eigenvalue weighted by molar-refractivity contribution is -0.148. The molecule has 6 heteroatoms. The van der Waals surface area contributed by atoms with Crippen LogP contribution >= 0.6 is 0 Å². The highest BCUT2D eigenvalue weighted by molar-refractivity contribution is 5.86. The molecule has 0 saturated carbocycles. The average molecular weight is 346 g/mol. The summed E-state index contributed by atoms with van der Waals surface area (Å²) in [7, 11) is 0. The molecule has 0 atom stereocenters. The Balaban J connectivity index is 2.44. The fourth-order valence-corrected chi connectivity index (χ4v) is 2.24. The minimum atomic E-state index is -1.14. The number of rotatable bonds is 6. The molecule has 0 radical (unpaired) electrons. The molecule has 0 heterocycles. The molecule has 0 bridgehead atoms. The van der Waals surface area contributed by atoms with Gasteiger partial charge in [0.1, 0.15) is 0 Å². The van der Waals surface area contributed by atoms with E-state index in [-0.39, 0.29) is 12.2 Å². The standard InChI is InChI=1S/C19H20F2N2O2/c1-4-25-18(24)19(2,3)23(15-10-6-5-7-11-15)22-13-14-9-8-12-16(20)17(14)21/h5-13H,4H2,1-3H3. The van der Waals surface area contributed by atoms with Gasteiger partial charge in [-0.25, -0.2) is 18.6 Å². The Morgan fingerprint density at radius 3 is 2.48 bits per heavy atom. The maximum absolute atomic E-state index is 13.9. The lowest BCUT2D eigenvalue weighted by Crippen LogP contribution is -2.48. The third-order valence-corrected chi connectivity index (χ3v) is 3.60. The van der Waals surface area contributed by atoms with E-state index in [9.17, 15) is 13.6 Å². The van der Waals surface area contributed by atoms with Crippen molar-refractivity contribution in [1.29, 1.82) is 0 Å². The summed E-state index contributed by atoms with van der Waals surface area (Å²) in [5.74, 6) is -2.43. The van der Waals surface area contributed by atoms with Crippen LogP contribution in [0.15, 0.2) is 53.6 Å². The molecule has 0 aromatic heterocycles. The van der Waals surface area contributed by atoms with E-state index < -0.39 is 23.1 Å². The number of esters is 1. The van der Waals surface area contributed by atoms with Crippen molar-refractivity contribution in [3.05, 3.63) is 65.7 Å². The SMILES string of the molecule is CCOC(=O)C(C)(C)N(N=Cc1cccc(F)c1F)c1ccccc1. The van der Waals surface area contributed by atoms with Crippen molar-refractivity contribution in [2.45, 2.75) is 26.3 Å². The average Bonchev–Trinajstić information content (AvgIpc) is 2.59. The number of carbonyl (C=O) groups is 1. The number of ether oxygens (including phenoxy) is 1. The molecule has 0 spiro atoms.